The van der Waals surface area contributed by atoms with Gasteiger partial charge in [-0.05, 0) is 108 Å². The zero-order chi connectivity index (χ0) is 68.8. The van der Waals surface area contributed by atoms with Gasteiger partial charge in [0, 0.05) is 62.5 Å². The zero-order valence-electron chi connectivity index (χ0n) is 58.0. The molecule has 0 aromatic heterocycles. The van der Waals surface area contributed by atoms with E-state index in [-0.39, 0.29) is 56.7 Å². The molecule has 25 heteroatoms. The fourth-order valence-corrected chi connectivity index (χ4v) is 11.0. The smallest absolute Gasteiger partial charge is 0.246 e. The van der Waals surface area contributed by atoms with Crippen molar-refractivity contribution in [3.8, 4) is 0 Å². The van der Waals surface area contributed by atoms with Gasteiger partial charge in [0.1, 0.15) is 60.4 Å². The molecule has 0 unspecified atom stereocenters. The molecule has 6 N–H and O–H groups in total. The van der Waals surface area contributed by atoms with Gasteiger partial charge in [-0.25, -0.2) is 0 Å². The predicted molar refractivity (Wildman–Crippen MR) is 341 cm³/mol. The maximum absolute atomic E-state index is 15.2. The summed E-state index contributed by atoms with van der Waals surface area (Å²) >= 11 is 0. The second-order valence-electron chi connectivity index (χ2n) is 26.4. The predicted octanol–water partition coefficient (Wildman–Crippen LogP) is 2.40. The highest BCUT2D eigenvalue weighted by Gasteiger charge is 2.46. The Labute approximate surface area is 531 Å². The minimum atomic E-state index is -1.64. The summed E-state index contributed by atoms with van der Waals surface area (Å²) in [6.07, 6.45) is 2.49. The summed E-state index contributed by atoms with van der Waals surface area (Å²) in [5.41, 5.74) is 0. The van der Waals surface area contributed by atoms with Crippen LogP contribution in [0.5, 0.6) is 0 Å². The molecule has 25 nitrogen and oxygen atoms in total. The largest absolute Gasteiger partial charge is 0.396 e. The third kappa shape index (κ3) is 23.2. The summed E-state index contributed by atoms with van der Waals surface area (Å²) in [4.78, 5) is 169. The van der Waals surface area contributed by atoms with Crippen molar-refractivity contribution in [2.24, 2.45) is 35.5 Å². The first-order chi connectivity index (χ1) is 41.3. The van der Waals surface area contributed by atoms with E-state index < -0.39 is 162 Å². The summed E-state index contributed by atoms with van der Waals surface area (Å²) in [6, 6.07) is -12.9. The maximum atomic E-state index is 15.2. The fraction of sp³-hybridized carbons (Fsp3) is 0.797. The lowest BCUT2D eigenvalue weighted by atomic mass is 9.91. The Morgan fingerprint density at radius 2 is 0.989 bits per heavy atom. The van der Waals surface area contributed by atoms with Crippen LogP contribution in [-0.4, -0.2) is 251 Å². The van der Waals surface area contributed by atoms with E-state index in [2.05, 4.69) is 21.3 Å². The first-order valence-electron chi connectivity index (χ1n) is 31.8. The highest BCUT2D eigenvalue weighted by molar-refractivity contribution is 5.99. The van der Waals surface area contributed by atoms with Crippen molar-refractivity contribution in [3.63, 3.8) is 0 Å². The average Bonchev–Trinajstić information content (AvgIpc) is 0.987. The van der Waals surface area contributed by atoms with E-state index in [0.29, 0.717) is 19.3 Å². The second-order valence-corrected chi connectivity index (χ2v) is 26.4. The molecular formula is C64H115N11O14. The minimum Gasteiger partial charge on any atom is -0.396 e. The Morgan fingerprint density at radius 3 is 1.47 bits per heavy atom. The van der Waals surface area contributed by atoms with Crippen LogP contribution in [0.1, 0.15) is 156 Å². The van der Waals surface area contributed by atoms with Gasteiger partial charge in [0.05, 0.1) is 18.8 Å². The van der Waals surface area contributed by atoms with Crippen LogP contribution in [0.25, 0.3) is 0 Å². The molecule has 1 aliphatic heterocycles. The third-order valence-electron chi connectivity index (χ3n) is 16.7. The number of aliphatic hydroxyl groups excluding tert-OH is 2. The summed E-state index contributed by atoms with van der Waals surface area (Å²) in [7, 11) is 9.73. The standard InChI is InChI=1S/C64H115N11O14/c1-24-26-29-41(13)54(78)53-58(82)67-45(25-2)60(84)69(17)35-49(77)73(21)52(44(16)89-31-28-27-30-76)57(81)68-50(39(9)10)63(87)70(18)46(32-36(3)4)56(80)65-42(14)55(79)66-43(15)59(83)71(19)47(33-37(5)6)61(85)72(20)48(34-38(7)8)62(86)74(22)51(40(11)12)64(88)75(53)23/h24,26,36-48,50-54,76,78H,25,27-35H2,1-23H3,(H,65,80)(H,66,79)(H,67,82)(H,68,81)/b26-24+/t41-,42+,43+,44-,45+,46-,47+,48-,50+,51+,52+,53+,54-/m1/s1. The number of amides is 11. The molecule has 510 valence electrons. The number of hydrogen-bond acceptors (Lipinski definition) is 14. The number of likely N-dealkylation sites (N-methyl/N-ethyl adjacent to an activating group) is 7. The highest BCUT2D eigenvalue weighted by Crippen LogP contribution is 2.26. The quantitative estimate of drug-likeness (QED) is 0.0800. The number of ether oxygens (including phenoxy) is 1. The van der Waals surface area contributed by atoms with Crippen molar-refractivity contribution in [1.82, 2.24) is 55.6 Å². The van der Waals surface area contributed by atoms with Gasteiger partial charge in [-0.15, -0.1) is 0 Å². The maximum Gasteiger partial charge on any atom is 0.246 e. The average molecular weight is 1260 g/mol. The first-order valence-corrected chi connectivity index (χ1v) is 31.8. The molecule has 0 aromatic rings. The van der Waals surface area contributed by atoms with Crippen molar-refractivity contribution in [2.75, 3.05) is 69.1 Å². The molecule has 11 amide bonds. The monoisotopic (exact) mass is 1260 g/mol. The Morgan fingerprint density at radius 1 is 0.517 bits per heavy atom. The molecule has 1 fully saturated rings. The highest BCUT2D eigenvalue weighted by atomic mass is 16.5. The molecule has 0 spiro atoms. The molecule has 0 aromatic carbocycles. The summed E-state index contributed by atoms with van der Waals surface area (Å²) in [5.74, 6) is -10.2. The summed E-state index contributed by atoms with van der Waals surface area (Å²) in [5, 5.41) is 32.5. The Hall–Kier alpha value is -6.21. The van der Waals surface area contributed by atoms with Crippen LogP contribution in [0.15, 0.2) is 12.2 Å². The van der Waals surface area contributed by atoms with Gasteiger partial charge in [-0.2, -0.15) is 0 Å². The molecule has 0 saturated carbocycles. The van der Waals surface area contributed by atoms with E-state index in [1.165, 1.54) is 82.8 Å². The van der Waals surface area contributed by atoms with Gasteiger partial charge >= 0.3 is 0 Å². The number of nitrogens with zero attached hydrogens (tertiary/aromatic N) is 7. The summed E-state index contributed by atoms with van der Waals surface area (Å²) < 4.78 is 6.06. The molecule has 0 radical (unpaired) electrons. The van der Waals surface area contributed by atoms with E-state index in [1.807, 2.05) is 41.5 Å². The number of aliphatic hydroxyl groups is 2. The molecular weight excluding hydrogens is 1150 g/mol. The van der Waals surface area contributed by atoms with E-state index in [4.69, 9.17) is 4.74 Å². The van der Waals surface area contributed by atoms with Crippen LogP contribution in [0.2, 0.25) is 0 Å². The molecule has 1 heterocycles. The second kappa shape index (κ2) is 37.8. The van der Waals surface area contributed by atoms with Gasteiger partial charge in [0.2, 0.25) is 65.0 Å². The number of unbranched alkanes of at least 4 members (excludes halogenated alkanes) is 1. The van der Waals surface area contributed by atoms with Crippen LogP contribution in [-0.2, 0) is 57.5 Å². The molecule has 0 aliphatic carbocycles. The number of carbonyl (C=O) groups excluding carboxylic acids is 11. The number of nitrogens with one attached hydrogen (secondary N) is 4. The van der Waals surface area contributed by atoms with E-state index >= 15 is 9.59 Å². The third-order valence-corrected chi connectivity index (χ3v) is 16.7. The zero-order valence-corrected chi connectivity index (χ0v) is 58.0. The number of allylic oxidation sites excluding steroid dienone is 2. The molecule has 13 atom stereocenters. The van der Waals surface area contributed by atoms with Gasteiger partial charge in [-0.3, -0.25) is 52.7 Å². The van der Waals surface area contributed by atoms with Crippen molar-refractivity contribution in [1.29, 1.82) is 0 Å². The van der Waals surface area contributed by atoms with Crippen LogP contribution in [0.3, 0.4) is 0 Å². The Bertz CT molecular complexity index is 2400. The van der Waals surface area contributed by atoms with Crippen LogP contribution in [0.4, 0.5) is 0 Å². The van der Waals surface area contributed by atoms with Crippen LogP contribution >= 0.6 is 0 Å². The normalized spacial score (nSPS) is 26.5. The summed E-state index contributed by atoms with van der Waals surface area (Å²) in [6.45, 7) is 26.8. The van der Waals surface area contributed by atoms with E-state index in [9.17, 15) is 53.4 Å². The molecule has 1 aliphatic rings. The van der Waals surface area contributed by atoms with Crippen molar-refractivity contribution >= 4 is 65.0 Å². The number of carbonyl (C=O) groups is 11. The molecule has 1 rings (SSSR count). The molecule has 89 heavy (non-hydrogen) atoms. The van der Waals surface area contributed by atoms with E-state index in [1.54, 1.807) is 67.5 Å². The van der Waals surface area contributed by atoms with Gasteiger partial charge in [-0.1, -0.05) is 95.2 Å². The van der Waals surface area contributed by atoms with E-state index in [0.717, 1.165) is 14.7 Å². The number of rotatable bonds is 19. The Kier molecular flexibility index (Phi) is 34.3. The van der Waals surface area contributed by atoms with Crippen molar-refractivity contribution in [2.45, 2.75) is 228 Å². The number of hydrogen-bond donors (Lipinski definition) is 6. The SMILES string of the molecule is C/C=C/C[C@@H](C)[C@@H](O)[C@H]1C(=O)N[C@@H](CC)C(=O)N(C)CC(=O)N(C)[C@@H]([C@@H](C)OCCCCO)C(=O)N[C@@H](C(C)C)C(=O)N(C)[C@H](CC(C)C)C(=O)N[C@@H](C)C(=O)N[C@@H](C)C(=O)N(C)[C@@H](CC(C)C)C(=O)N(C)[C@H](CC(C)C)C(=O)N(C)[C@@H](C(C)C)C(=O)N1C. The lowest BCUT2D eigenvalue weighted by Gasteiger charge is -2.41. The topological polar surface area (TPSA) is 308 Å². The van der Waals surface area contributed by atoms with Gasteiger partial charge in [0.15, 0.2) is 0 Å². The fourth-order valence-electron chi connectivity index (χ4n) is 11.0. The van der Waals surface area contributed by atoms with Crippen molar-refractivity contribution < 1.29 is 67.7 Å². The molecule has 0 bridgehead atoms. The lowest BCUT2D eigenvalue weighted by molar-refractivity contribution is -0.157. The lowest BCUT2D eigenvalue weighted by Crippen LogP contribution is -2.63. The van der Waals surface area contributed by atoms with Gasteiger partial charge in [0.25, 0.3) is 0 Å². The Balaban J connectivity index is 4.38. The molecule has 1 saturated heterocycles. The first kappa shape index (κ1) is 80.8. The van der Waals surface area contributed by atoms with Crippen LogP contribution in [0, 0.1) is 35.5 Å². The van der Waals surface area contributed by atoms with Crippen molar-refractivity contribution in [3.05, 3.63) is 12.2 Å². The van der Waals surface area contributed by atoms with Crippen LogP contribution < -0.4 is 21.3 Å². The minimum absolute atomic E-state index is 0.0135. The van der Waals surface area contributed by atoms with Gasteiger partial charge < -0.3 is 70.5 Å².